The minimum Gasteiger partial charge on any atom is -0.497 e. The van der Waals surface area contributed by atoms with Crippen molar-refractivity contribution < 1.29 is 9.47 Å². The second-order valence-electron chi connectivity index (χ2n) is 4.66. The van der Waals surface area contributed by atoms with Gasteiger partial charge in [-0.15, -0.1) is 0 Å². The summed E-state index contributed by atoms with van der Waals surface area (Å²) in [6, 6.07) is 3.96. The van der Waals surface area contributed by atoms with Gasteiger partial charge in [-0.2, -0.15) is 0 Å². The van der Waals surface area contributed by atoms with E-state index in [1.54, 1.807) is 14.2 Å². The fourth-order valence-electron chi connectivity index (χ4n) is 1.97. The number of hydrogen-bond donors (Lipinski definition) is 1. The molecule has 16 heavy (non-hydrogen) atoms. The zero-order chi connectivity index (χ0) is 11.8. The molecule has 0 atom stereocenters. The van der Waals surface area contributed by atoms with Crippen LogP contribution in [-0.2, 0) is 6.42 Å². The molecule has 1 fully saturated rings. The summed E-state index contributed by atoms with van der Waals surface area (Å²) >= 11 is 0. The van der Waals surface area contributed by atoms with Gasteiger partial charge < -0.3 is 15.2 Å². The van der Waals surface area contributed by atoms with Gasteiger partial charge in [0.1, 0.15) is 11.5 Å². The minimum absolute atomic E-state index is 0.00658. The molecule has 0 saturated heterocycles. The van der Waals surface area contributed by atoms with Crippen molar-refractivity contribution in [2.45, 2.75) is 31.7 Å². The van der Waals surface area contributed by atoms with Crippen LogP contribution in [0.15, 0.2) is 12.1 Å². The van der Waals surface area contributed by atoms with Crippen molar-refractivity contribution in [3.8, 4) is 11.5 Å². The minimum atomic E-state index is 0.00658. The molecule has 1 saturated carbocycles. The maximum Gasteiger partial charge on any atom is 0.126 e. The zero-order valence-corrected chi connectivity index (χ0v) is 10.2. The first kappa shape index (κ1) is 11.3. The molecular weight excluding hydrogens is 202 g/mol. The summed E-state index contributed by atoms with van der Waals surface area (Å²) in [6.45, 7) is 2.08. The summed E-state index contributed by atoms with van der Waals surface area (Å²) in [5, 5.41) is 0. The quantitative estimate of drug-likeness (QED) is 0.846. The van der Waals surface area contributed by atoms with Crippen LogP contribution in [0.25, 0.3) is 0 Å². The second-order valence-corrected chi connectivity index (χ2v) is 4.66. The third-order valence-corrected chi connectivity index (χ3v) is 3.28. The van der Waals surface area contributed by atoms with Gasteiger partial charge in [-0.25, -0.2) is 0 Å². The summed E-state index contributed by atoms with van der Waals surface area (Å²) in [7, 11) is 3.35. The van der Waals surface area contributed by atoms with E-state index in [4.69, 9.17) is 15.2 Å². The number of rotatable bonds is 4. The normalized spacial score (nSPS) is 17.0. The molecule has 0 aromatic heterocycles. The molecular formula is C13H19NO2. The lowest BCUT2D eigenvalue weighted by molar-refractivity contribution is 0.389. The van der Waals surface area contributed by atoms with Crippen LogP contribution in [0.3, 0.4) is 0 Å². The van der Waals surface area contributed by atoms with Crippen molar-refractivity contribution in [2.24, 2.45) is 5.73 Å². The number of ether oxygens (including phenoxy) is 2. The van der Waals surface area contributed by atoms with Crippen LogP contribution >= 0.6 is 0 Å². The van der Waals surface area contributed by atoms with Gasteiger partial charge in [-0.1, -0.05) is 0 Å². The standard InChI is InChI=1S/C13H19NO2/c1-9-6-10(15-2)7-12(16-3)11(9)8-13(14)4-5-13/h6-7H,4-5,8,14H2,1-3H3. The Hall–Kier alpha value is -1.22. The number of benzene rings is 1. The summed E-state index contributed by atoms with van der Waals surface area (Å²) < 4.78 is 10.6. The van der Waals surface area contributed by atoms with Crippen LogP contribution < -0.4 is 15.2 Å². The lowest BCUT2D eigenvalue weighted by atomic mass is 9.98. The van der Waals surface area contributed by atoms with Crippen molar-refractivity contribution in [1.29, 1.82) is 0 Å². The fraction of sp³-hybridized carbons (Fsp3) is 0.538. The zero-order valence-electron chi connectivity index (χ0n) is 10.2. The molecule has 2 rings (SSSR count). The predicted molar refractivity (Wildman–Crippen MR) is 64.1 cm³/mol. The van der Waals surface area contributed by atoms with E-state index in [1.165, 1.54) is 11.1 Å². The van der Waals surface area contributed by atoms with E-state index < -0.39 is 0 Å². The molecule has 0 radical (unpaired) electrons. The molecule has 1 aliphatic rings. The largest absolute Gasteiger partial charge is 0.497 e. The average molecular weight is 221 g/mol. The molecule has 1 aromatic carbocycles. The maximum absolute atomic E-state index is 6.15. The topological polar surface area (TPSA) is 44.5 Å². The number of methoxy groups -OCH3 is 2. The van der Waals surface area contributed by atoms with Crippen LogP contribution in [0.2, 0.25) is 0 Å². The van der Waals surface area contributed by atoms with Gasteiger partial charge in [-0.05, 0) is 43.4 Å². The highest BCUT2D eigenvalue weighted by atomic mass is 16.5. The summed E-state index contributed by atoms with van der Waals surface area (Å²) in [5.41, 5.74) is 8.56. The molecule has 2 N–H and O–H groups in total. The van der Waals surface area contributed by atoms with Crippen LogP contribution in [0.4, 0.5) is 0 Å². The number of hydrogen-bond acceptors (Lipinski definition) is 3. The van der Waals surface area contributed by atoms with Gasteiger partial charge in [0.05, 0.1) is 14.2 Å². The van der Waals surface area contributed by atoms with Crippen molar-refractivity contribution in [1.82, 2.24) is 0 Å². The number of aryl methyl sites for hydroxylation is 1. The van der Waals surface area contributed by atoms with Gasteiger partial charge in [0.15, 0.2) is 0 Å². The molecule has 0 spiro atoms. The highest BCUT2D eigenvalue weighted by molar-refractivity contribution is 5.47. The fourth-order valence-corrected chi connectivity index (χ4v) is 1.97. The molecule has 0 bridgehead atoms. The smallest absolute Gasteiger partial charge is 0.126 e. The van der Waals surface area contributed by atoms with Gasteiger partial charge in [0.2, 0.25) is 0 Å². The third-order valence-electron chi connectivity index (χ3n) is 3.28. The Labute approximate surface area is 96.5 Å². The van der Waals surface area contributed by atoms with E-state index in [-0.39, 0.29) is 5.54 Å². The Balaban J connectivity index is 2.34. The summed E-state index contributed by atoms with van der Waals surface area (Å²) in [5.74, 6) is 1.72. The van der Waals surface area contributed by atoms with Crippen LogP contribution in [-0.4, -0.2) is 19.8 Å². The first-order chi connectivity index (χ1) is 7.58. The molecule has 88 valence electrons. The van der Waals surface area contributed by atoms with E-state index in [0.29, 0.717) is 0 Å². The molecule has 0 unspecified atom stereocenters. The van der Waals surface area contributed by atoms with Crippen molar-refractivity contribution in [3.63, 3.8) is 0 Å². The average Bonchev–Trinajstić information content (AvgIpc) is 2.99. The van der Waals surface area contributed by atoms with Crippen LogP contribution in [0.5, 0.6) is 11.5 Å². The molecule has 0 heterocycles. The van der Waals surface area contributed by atoms with Crippen molar-refractivity contribution in [2.75, 3.05) is 14.2 Å². The molecule has 1 aliphatic carbocycles. The Morgan fingerprint density at radius 1 is 1.25 bits per heavy atom. The lowest BCUT2D eigenvalue weighted by Gasteiger charge is -2.16. The first-order valence-corrected chi connectivity index (χ1v) is 5.58. The molecule has 0 aliphatic heterocycles. The Kier molecular flexibility index (Phi) is 2.80. The molecule has 3 nitrogen and oxygen atoms in total. The van der Waals surface area contributed by atoms with E-state index in [2.05, 4.69) is 6.92 Å². The first-order valence-electron chi connectivity index (χ1n) is 5.58. The Morgan fingerprint density at radius 3 is 2.44 bits per heavy atom. The highest BCUT2D eigenvalue weighted by Gasteiger charge is 2.39. The Bertz CT molecular complexity index is 397. The summed E-state index contributed by atoms with van der Waals surface area (Å²) in [6.07, 6.45) is 3.12. The van der Waals surface area contributed by atoms with Gasteiger partial charge in [0, 0.05) is 11.6 Å². The highest BCUT2D eigenvalue weighted by Crippen LogP contribution is 2.39. The van der Waals surface area contributed by atoms with E-state index in [1.807, 2.05) is 12.1 Å². The van der Waals surface area contributed by atoms with Crippen LogP contribution in [0, 0.1) is 6.92 Å². The lowest BCUT2D eigenvalue weighted by Crippen LogP contribution is -2.25. The predicted octanol–water partition coefficient (Wildman–Crippen LogP) is 2.05. The molecule has 3 heteroatoms. The molecule has 0 amide bonds. The van der Waals surface area contributed by atoms with E-state index >= 15 is 0 Å². The van der Waals surface area contributed by atoms with Crippen molar-refractivity contribution >= 4 is 0 Å². The molecule has 1 aromatic rings. The summed E-state index contributed by atoms with van der Waals surface area (Å²) in [4.78, 5) is 0. The van der Waals surface area contributed by atoms with Crippen molar-refractivity contribution in [3.05, 3.63) is 23.3 Å². The second kappa shape index (κ2) is 3.98. The SMILES string of the molecule is COc1cc(C)c(CC2(N)CC2)c(OC)c1. The Morgan fingerprint density at radius 2 is 1.94 bits per heavy atom. The van der Waals surface area contributed by atoms with Crippen LogP contribution in [0.1, 0.15) is 24.0 Å². The van der Waals surface area contributed by atoms with E-state index in [0.717, 1.165) is 30.8 Å². The monoisotopic (exact) mass is 221 g/mol. The maximum atomic E-state index is 6.15. The van der Waals surface area contributed by atoms with Gasteiger partial charge >= 0.3 is 0 Å². The van der Waals surface area contributed by atoms with E-state index in [9.17, 15) is 0 Å². The third kappa shape index (κ3) is 2.14. The van der Waals surface area contributed by atoms with Gasteiger partial charge in [0.25, 0.3) is 0 Å². The van der Waals surface area contributed by atoms with Gasteiger partial charge in [-0.3, -0.25) is 0 Å². The number of nitrogens with two attached hydrogens (primary N) is 1.